The first-order valence-corrected chi connectivity index (χ1v) is 5.16. The lowest BCUT2D eigenvalue weighted by molar-refractivity contribution is -0.396. The number of nitrogens with zero attached hydrogens (tertiary/aromatic N) is 2. The summed E-state index contributed by atoms with van der Waals surface area (Å²) in [4.78, 5) is 20.5. The third kappa shape index (κ3) is 1.78. The number of nitro groups is 2. The zero-order valence-electron chi connectivity index (χ0n) is 8.91. The Bertz CT molecular complexity index is 458. The van der Waals surface area contributed by atoms with E-state index in [1.165, 1.54) is 6.92 Å². The highest BCUT2D eigenvalue weighted by Crippen LogP contribution is 2.39. The van der Waals surface area contributed by atoms with Crippen LogP contribution in [0.4, 0.5) is 11.4 Å². The normalized spacial score (nSPS) is 10.2. The summed E-state index contributed by atoms with van der Waals surface area (Å²) in [5.41, 5.74) is 0.498. The van der Waals surface area contributed by atoms with E-state index in [4.69, 9.17) is 0 Å². The summed E-state index contributed by atoms with van der Waals surface area (Å²) in [5, 5.41) is 21.7. The molecule has 0 aliphatic carbocycles. The first-order chi connectivity index (χ1) is 7.29. The van der Waals surface area contributed by atoms with Crippen molar-refractivity contribution in [3.8, 4) is 0 Å². The molecule has 16 heavy (non-hydrogen) atoms. The molecule has 6 nitrogen and oxygen atoms in total. The van der Waals surface area contributed by atoms with Crippen LogP contribution in [-0.2, 0) is 0 Å². The molecular formula is C9H9BrN2O4. The van der Waals surface area contributed by atoms with E-state index in [0.717, 1.165) is 0 Å². The second-order valence-corrected chi connectivity index (χ2v) is 4.19. The molecule has 0 bridgehead atoms. The van der Waals surface area contributed by atoms with Crippen molar-refractivity contribution < 1.29 is 9.85 Å². The lowest BCUT2D eigenvalue weighted by atomic mass is 10.0. The molecule has 1 aromatic carbocycles. The molecule has 0 saturated carbocycles. The van der Waals surface area contributed by atoms with Gasteiger partial charge in [-0.1, -0.05) is 0 Å². The van der Waals surface area contributed by atoms with Gasteiger partial charge in [0.1, 0.15) is 5.56 Å². The minimum Gasteiger partial charge on any atom is -0.258 e. The fourth-order valence-electron chi connectivity index (χ4n) is 1.71. The Balaban J connectivity index is 3.80. The summed E-state index contributed by atoms with van der Waals surface area (Å²) < 4.78 is 0.413. The van der Waals surface area contributed by atoms with Crippen LogP contribution in [-0.4, -0.2) is 9.85 Å². The largest absolute Gasteiger partial charge is 0.283 e. The molecule has 0 heterocycles. The monoisotopic (exact) mass is 288 g/mol. The zero-order valence-corrected chi connectivity index (χ0v) is 10.5. The standard InChI is InChI=1S/C9H9BrN2O4/c1-4-7(10)5(2)9(12(15)16)6(3)8(4)11(13)14/h1-3H3. The molecule has 0 aliphatic heterocycles. The summed E-state index contributed by atoms with van der Waals surface area (Å²) in [7, 11) is 0. The van der Waals surface area contributed by atoms with Crippen LogP contribution in [0.3, 0.4) is 0 Å². The van der Waals surface area contributed by atoms with Crippen LogP contribution < -0.4 is 0 Å². The van der Waals surface area contributed by atoms with Gasteiger partial charge in [0.05, 0.1) is 9.85 Å². The SMILES string of the molecule is Cc1c(Br)c(C)c([N+](=O)[O-])c(C)c1[N+](=O)[O-]. The Morgan fingerprint density at radius 3 is 1.44 bits per heavy atom. The van der Waals surface area contributed by atoms with E-state index in [2.05, 4.69) is 15.9 Å². The van der Waals surface area contributed by atoms with Gasteiger partial charge in [0, 0.05) is 15.6 Å². The van der Waals surface area contributed by atoms with E-state index in [0.29, 0.717) is 15.6 Å². The van der Waals surface area contributed by atoms with Gasteiger partial charge < -0.3 is 0 Å². The van der Waals surface area contributed by atoms with Crippen molar-refractivity contribution >= 4 is 27.3 Å². The van der Waals surface area contributed by atoms with Crippen molar-refractivity contribution in [1.29, 1.82) is 0 Å². The van der Waals surface area contributed by atoms with E-state index in [-0.39, 0.29) is 16.9 Å². The molecule has 0 aliphatic rings. The maximum absolute atomic E-state index is 10.8. The lowest BCUT2D eigenvalue weighted by Gasteiger charge is -2.08. The van der Waals surface area contributed by atoms with Gasteiger partial charge in [0.15, 0.2) is 0 Å². The molecule has 0 fully saturated rings. The first kappa shape index (κ1) is 12.6. The second-order valence-electron chi connectivity index (χ2n) is 3.40. The number of nitro benzene ring substituents is 2. The summed E-state index contributed by atoms with van der Waals surface area (Å²) in [6.45, 7) is 4.51. The van der Waals surface area contributed by atoms with Crippen LogP contribution in [0.2, 0.25) is 0 Å². The van der Waals surface area contributed by atoms with Crippen molar-refractivity contribution in [3.05, 3.63) is 41.4 Å². The predicted octanol–water partition coefficient (Wildman–Crippen LogP) is 3.19. The average Bonchev–Trinajstić information content (AvgIpc) is 2.13. The highest BCUT2D eigenvalue weighted by Gasteiger charge is 2.29. The van der Waals surface area contributed by atoms with Crippen LogP contribution in [0, 0.1) is 41.0 Å². The topological polar surface area (TPSA) is 86.3 Å². The number of rotatable bonds is 2. The maximum atomic E-state index is 10.8. The Labute approximate surface area is 99.7 Å². The van der Waals surface area contributed by atoms with Crippen molar-refractivity contribution in [2.24, 2.45) is 0 Å². The van der Waals surface area contributed by atoms with E-state index >= 15 is 0 Å². The Hall–Kier alpha value is -1.50. The van der Waals surface area contributed by atoms with Gasteiger partial charge in [0.2, 0.25) is 0 Å². The molecule has 0 saturated heterocycles. The van der Waals surface area contributed by atoms with E-state index < -0.39 is 9.85 Å². The highest BCUT2D eigenvalue weighted by molar-refractivity contribution is 9.10. The van der Waals surface area contributed by atoms with Crippen LogP contribution >= 0.6 is 15.9 Å². The molecule has 86 valence electrons. The molecule has 0 atom stereocenters. The van der Waals surface area contributed by atoms with Gasteiger partial charge in [-0.3, -0.25) is 20.2 Å². The number of hydrogen-bond donors (Lipinski definition) is 0. The van der Waals surface area contributed by atoms with Gasteiger partial charge in [0.25, 0.3) is 11.4 Å². The number of benzene rings is 1. The molecule has 0 N–H and O–H groups in total. The molecule has 7 heteroatoms. The van der Waals surface area contributed by atoms with Crippen LogP contribution in [0.25, 0.3) is 0 Å². The lowest BCUT2D eigenvalue weighted by Crippen LogP contribution is -2.03. The molecule has 0 spiro atoms. The summed E-state index contributed by atoms with van der Waals surface area (Å²) in [5.74, 6) is 0. The van der Waals surface area contributed by atoms with Crippen LogP contribution in [0.1, 0.15) is 16.7 Å². The molecular weight excluding hydrogens is 280 g/mol. The molecule has 0 radical (unpaired) electrons. The van der Waals surface area contributed by atoms with Crippen molar-refractivity contribution in [3.63, 3.8) is 0 Å². The van der Waals surface area contributed by atoms with E-state index in [9.17, 15) is 20.2 Å². The number of halogens is 1. The van der Waals surface area contributed by atoms with Crippen LogP contribution in [0.15, 0.2) is 4.47 Å². The van der Waals surface area contributed by atoms with Gasteiger partial charge >= 0.3 is 0 Å². The number of hydrogen-bond acceptors (Lipinski definition) is 4. The zero-order chi connectivity index (χ0) is 12.6. The molecule has 1 aromatic rings. The fraction of sp³-hybridized carbons (Fsp3) is 0.333. The van der Waals surface area contributed by atoms with E-state index in [1.54, 1.807) is 13.8 Å². The first-order valence-electron chi connectivity index (χ1n) is 4.37. The smallest absolute Gasteiger partial charge is 0.258 e. The van der Waals surface area contributed by atoms with Gasteiger partial charge in [-0.05, 0) is 36.7 Å². The molecule has 0 aromatic heterocycles. The van der Waals surface area contributed by atoms with Gasteiger partial charge in [-0.15, -0.1) is 0 Å². The molecule has 0 unspecified atom stereocenters. The highest BCUT2D eigenvalue weighted by atomic mass is 79.9. The fourth-order valence-corrected chi connectivity index (χ4v) is 2.09. The van der Waals surface area contributed by atoms with Crippen molar-refractivity contribution in [2.45, 2.75) is 20.8 Å². The Morgan fingerprint density at radius 1 is 0.875 bits per heavy atom. The summed E-state index contributed by atoms with van der Waals surface area (Å²) in [6, 6.07) is 0. The van der Waals surface area contributed by atoms with E-state index in [1.807, 2.05) is 0 Å². The Morgan fingerprint density at radius 2 is 1.19 bits per heavy atom. The summed E-state index contributed by atoms with van der Waals surface area (Å²) in [6.07, 6.45) is 0. The quantitative estimate of drug-likeness (QED) is 0.618. The van der Waals surface area contributed by atoms with Gasteiger partial charge in [-0.2, -0.15) is 0 Å². The predicted molar refractivity (Wildman–Crippen MR) is 61.7 cm³/mol. The molecule has 0 amide bonds. The van der Waals surface area contributed by atoms with Gasteiger partial charge in [-0.25, -0.2) is 0 Å². The van der Waals surface area contributed by atoms with Crippen molar-refractivity contribution in [2.75, 3.05) is 0 Å². The minimum atomic E-state index is -0.595. The minimum absolute atomic E-state index is 0.0909. The second kappa shape index (κ2) is 4.17. The summed E-state index contributed by atoms with van der Waals surface area (Å²) >= 11 is 3.14. The third-order valence-electron chi connectivity index (χ3n) is 2.44. The molecule has 1 rings (SSSR count). The maximum Gasteiger partial charge on any atom is 0.283 e. The third-order valence-corrected chi connectivity index (χ3v) is 3.63. The van der Waals surface area contributed by atoms with Crippen LogP contribution in [0.5, 0.6) is 0 Å². The Kier molecular flexibility index (Phi) is 3.27. The average molecular weight is 289 g/mol. The van der Waals surface area contributed by atoms with Crippen molar-refractivity contribution in [1.82, 2.24) is 0 Å².